The topological polar surface area (TPSA) is 58.6 Å². The van der Waals surface area contributed by atoms with Crippen LogP contribution in [0.2, 0.25) is 5.02 Å². The Morgan fingerprint density at radius 1 is 1.26 bits per heavy atom. The summed E-state index contributed by atoms with van der Waals surface area (Å²) in [5.74, 6) is 0.702. The molecule has 0 spiro atoms. The second-order valence-electron chi connectivity index (χ2n) is 7.78. The van der Waals surface area contributed by atoms with Crippen molar-refractivity contribution in [2.45, 2.75) is 46.1 Å². The highest BCUT2D eigenvalue weighted by Gasteiger charge is 2.37. The van der Waals surface area contributed by atoms with Gasteiger partial charge in [0.1, 0.15) is 5.75 Å². The SMILES string of the molecule is CCCOc1ccc(-c2ccc3c(c2)CCC(C)(C)C3NC(=O)O)cc1Cl. The first-order valence-corrected chi connectivity index (χ1v) is 9.74. The van der Waals surface area contributed by atoms with E-state index in [1.54, 1.807) is 0 Å². The van der Waals surface area contributed by atoms with Gasteiger partial charge < -0.3 is 15.2 Å². The second kappa shape index (κ2) is 7.81. The van der Waals surface area contributed by atoms with Crippen molar-refractivity contribution in [3.05, 3.63) is 52.5 Å². The fourth-order valence-corrected chi connectivity index (χ4v) is 3.95. The molecule has 144 valence electrons. The molecule has 1 aliphatic rings. The van der Waals surface area contributed by atoms with Crippen LogP contribution in [0, 0.1) is 5.41 Å². The van der Waals surface area contributed by atoms with Crippen molar-refractivity contribution < 1.29 is 14.6 Å². The van der Waals surface area contributed by atoms with Crippen LogP contribution in [0.25, 0.3) is 11.1 Å². The van der Waals surface area contributed by atoms with E-state index in [2.05, 4.69) is 32.2 Å². The van der Waals surface area contributed by atoms with Gasteiger partial charge in [-0.15, -0.1) is 0 Å². The fourth-order valence-electron chi connectivity index (χ4n) is 3.71. The third kappa shape index (κ3) is 4.22. The zero-order valence-electron chi connectivity index (χ0n) is 16.0. The molecular formula is C22H26ClNO3. The predicted molar refractivity (Wildman–Crippen MR) is 109 cm³/mol. The van der Waals surface area contributed by atoms with Gasteiger partial charge in [-0.05, 0) is 59.1 Å². The maximum Gasteiger partial charge on any atom is 0.405 e. The van der Waals surface area contributed by atoms with E-state index in [0.717, 1.165) is 36.0 Å². The fraction of sp³-hybridized carbons (Fsp3) is 0.409. The van der Waals surface area contributed by atoms with Crippen LogP contribution in [0.15, 0.2) is 36.4 Å². The Bertz CT molecular complexity index is 847. The number of hydrogen-bond donors (Lipinski definition) is 2. The van der Waals surface area contributed by atoms with E-state index >= 15 is 0 Å². The molecule has 1 aliphatic carbocycles. The number of amides is 1. The Balaban J connectivity index is 1.92. The standard InChI is InChI=1S/C22H26ClNO3/c1-4-11-27-19-8-6-15(13-18(19)23)14-5-7-17-16(12-14)9-10-22(2,3)20(17)24-21(25)26/h5-8,12-13,20,24H,4,9-11H2,1-3H3,(H,25,26). The van der Waals surface area contributed by atoms with E-state index in [0.29, 0.717) is 17.4 Å². The molecule has 0 saturated carbocycles. The van der Waals surface area contributed by atoms with Crippen molar-refractivity contribution in [3.8, 4) is 16.9 Å². The Labute approximate surface area is 165 Å². The van der Waals surface area contributed by atoms with Gasteiger partial charge in [-0.2, -0.15) is 0 Å². The van der Waals surface area contributed by atoms with Gasteiger partial charge in [-0.3, -0.25) is 0 Å². The molecule has 3 rings (SSSR count). The molecule has 0 saturated heterocycles. The summed E-state index contributed by atoms with van der Waals surface area (Å²) in [6.07, 6.45) is 1.81. The van der Waals surface area contributed by atoms with Crippen LogP contribution in [0.5, 0.6) is 5.75 Å². The average Bonchev–Trinajstić information content (AvgIpc) is 2.62. The van der Waals surface area contributed by atoms with Gasteiger partial charge in [0.2, 0.25) is 0 Å². The molecule has 0 radical (unpaired) electrons. The smallest absolute Gasteiger partial charge is 0.405 e. The number of carbonyl (C=O) groups is 1. The van der Waals surface area contributed by atoms with E-state index in [4.69, 9.17) is 16.3 Å². The Hall–Kier alpha value is -2.20. The van der Waals surface area contributed by atoms with E-state index < -0.39 is 6.09 Å². The van der Waals surface area contributed by atoms with Crippen molar-refractivity contribution in [3.63, 3.8) is 0 Å². The number of fused-ring (bicyclic) bond motifs is 1. The number of rotatable bonds is 5. The molecule has 2 N–H and O–H groups in total. The maximum absolute atomic E-state index is 11.3. The molecule has 0 aromatic heterocycles. The van der Waals surface area contributed by atoms with Crippen LogP contribution in [0.3, 0.4) is 0 Å². The highest BCUT2D eigenvalue weighted by atomic mass is 35.5. The van der Waals surface area contributed by atoms with Crippen molar-refractivity contribution in [1.82, 2.24) is 5.32 Å². The van der Waals surface area contributed by atoms with E-state index in [9.17, 15) is 9.90 Å². The number of halogens is 1. The summed E-state index contributed by atoms with van der Waals surface area (Å²) in [7, 11) is 0. The lowest BCUT2D eigenvalue weighted by Gasteiger charge is -2.40. The number of aryl methyl sites for hydroxylation is 1. The van der Waals surface area contributed by atoms with Gasteiger partial charge in [-0.1, -0.05) is 56.6 Å². The lowest BCUT2D eigenvalue weighted by molar-refractivity contribution is 0.161. The molecule has 2 aromatic carbocycles. The van der Waals surface area contributed by atoms with E-state index in [-0.39, 0.29) is 11.5 Å². The van der Waals surface area contributed by atoms with Crippen LogP contribution in [0.4, 0.5) is 4.79 Å². The van der Waals surface area contributed by atoms with Crippen LogP contribution < -0.4 is 10.1 Å². The van der Waals surface area contributed by atoms with Crippen LogP contribution >= 0.6 is 11.6 Å². The van der Waals surface area contributed by atoms with Gasteiger partial charge in [-0.25, -0.2) is 4.79 Å². The first-order chi connectivity index (χ1) is 12.8. The molecule has 0 fully saturated rings. The molecule has 1 unspecified atom stereocenters. The third-order valence-electron chi connectivity index (χ3n) is 5.27. The number of ether oxygens (including phenoxy) is 1. The number of hydrogen-bond acceptors (Lipinski definition) is 2. The van der Waals surface area contributed by atoms with Gasteiger partial charge >= 0.3 is 6.09 Å². The molecule has 0 aliphatic heterocycles. The number of nitrogens with one attached hydrogen (secondary N) is 1. The van der Waals surface area contributed by atoms with Gasteiger partial charge in [0.25, 0.3) is 0 Å². The summed E-state index contributed by atoms with van der Waals surface area (Å²) in [6.45, 7) is 6.92. The minimum Gasteiger partial charge on any atom is -0.492 e. The molecule has 2 aromatic rings. The van der Waals surface area contributed by atoms with Crippen molar-refractivity contribution in [2.75, 3.05) is 6.61 Å². The summed E-state index contributed by atoms with van der Waals surface area (Å²) in [5, 5.41) is 12.5. The first-order valence-electron chi connectivity index (χ1n) is 9.37. The molecule has 0 bridgehead atoms. The molecule has 1 amide bonds. The highest BCUT2D eigenvalue weighted by molar-refractivity contribution is 6.32. The van der Waals surface area contributed by atoms with Gasteiger partial charge in [0, 0.05) is 0 Å². The quantitative estimate of drug-likeness (QED) is 0.653. The molecule has 4 nitrogen and oxygen atoms in total. The zero-order chi connectivity index (χ0) is 19.6. The molecule has 5 heteroatoms. The van der Waals surface area contributed by atoms with Crippen molar-refractivity contribution in [1.29, 1.82) is 0 Å². The van der Waals surface area contributed by atoms with Gasteiger partial charge in [0.05, 0.1) is 17.7 Å². The minimum atomic E-state index is -0.987. The summed E-state index contributed by atoms with van der Waals surface area (Å²) in [6, 6.07) is 11.9. The predicted octanol–water partition coefficient (Wildman–Crippen LogP) is 6.08. The summed E-state index contributed by atoms with van der Waals surface area (Å²) in [4.78, 5) is 11.3. The lowest BCUT2D eigenvalue weighted by Crippen LogP contribution is -2.40. The minimum absolute atomic E-state index is 0.117. The van der Waals surface area contributed by atoms with Gasteiger partial charge in [0.15, 0.2) is 0 Å². The molecule has 27 heavy (non-hydrogen) atoms. The van der Waals surface area contributed by atoms with Crippen LogP contribution in [-0.2, 0) is 6.42 Å². The van der Waals surface area contributed by atoms with Crippen LogP contribution in [-0.4, -0.2) is 17.8 Å². The lowest BCUT2D eigenvalue weighted by atomic mass is 9.70. The summed E-state index contributed by atoms with van der Waals surface area (Å²) < 4.78 is 5.65. The number of carboxylic acid groups (broad SMARTS) is 1. The van der Waals surface area contributed by atoms with E-state index in [1.165, 1.54) is 5.56 Å². The van der Waals surface area contributed by atoms with E-state index in [1.807, 2.05) is 30.3 Å². The van der Waals surface area contributed by atoms with Crippen LogP contribution in [0.1, 0.15) is 50.8 Å². The highest BCUT2D eigenvalue weighted by Crippen LogP contribution is 2.44. The van der Waals surface area contributed by atoms with Crippen molar-refractivity contribution in [2.24, 2.45) is 5.41 Å². The monoisotopic (exact) mass is 387 g/mol. The van der Waals surface area contributed by atoms with Crippen molar-refractivity contribution >= 4 is 17.7 Å². The first kappa shape index (κ1) is 19.6. The average molecular weight is 388 g/mol. The Kier molecular flexibility index (Phi) is 5.66. The maximum atomic E-state index is 11.3. The normalized spacial score (nSPS) is 17.9. The molecule has 1 atom stereocenters. The summed E-state index contributed by atoms with van der Waals surface area (Å²) >= 11 is 6.38. The Morgan fingerprint density at radius 3 is 2.63 bits per heavy atom. The largest absolute Gasteiger partial charge is 0.492 e. The third-order valence-corrected chi connectivity index (χ3v) is 5.56. The molecular weight excluding hydrogens is 362 g/mol. The second-order valence-corrected chi connectivity index (χ2v) is 8.19. The summed E-state index contributed by atoms with van der Waals surface area (Å²) in [5.41, 5.74) is 4.24. The molecule has 0 heterocycles. The zero-order valence-corrected chi connectivity index (χ0v) is 16.8. The Morgan fingerprint density at radius 2 is 1.96 bits per heavy atom. The number of benzene rings is 2.